The van der Waals surface area contributed by atoms with E-state index in [-0.39, 0.29) is 12.5 Å². The third kappa shape index (κ3) is 5.07. The van der Waals surface area contributed by atoms with Gasteiger partial charge in [0.25, 0.3) is 0 Å². The van der Waals surface area contributed by atoms with Crippen LogP contribution in [-0.4, -0.2) is 47.5 Å². The van der Waals surface area contributed by atoms with Crippen LogP contribution in [0.2, 0.25) is 0 Å². The summed E-state index contributed by atoms with van der Waals surface area (Å²) in [6, 6.07) is 8.13. The summed E-state index contributed by atoms with van der Waals surface area (Å²) in [6.07, 6.45) is 8.86. The first-order valence-electron chi connectivity index (χ1n) is 10.2. The minimum absolute atomic E-state index is 0.0290. The first kappa shape index (κ1) is 20.3. The summed E-state index contributed by atoms with van der Waals surface area (Å²) in [5.41, 5.74) is 8.53. The third-order valence-electron chi connectivity index (χ3n) is 5.51. The zero-order valence-electron chi connectivity index (χ0n) is 17.0. The summed E-state index contributed by atoms with van der Waals surface area (Å²) >= 11 is 0. The molecule has 1 aliphatic rings. The quantitative estimate of drug-likeness (QED) is 0.798. The molecule has 28 heavy (non-hydrogen) atoms. The predicted molar refractivity (Wildman–Crippen MR) is 113 cm³/mol. The van der Waals surface area contributed by atoms with Gasteiger partial charge in [0.15, 0.2) is 0 Å². The standard InChI is InChI=1S/C22H31N5O/c1-3-5-17-8-10-27(11-9-17)22-24-14-20(15-25-22)19-7-4-6-18(12-19)16-26(2)21(28)13-23/h4,6-7,12,14-15,17H,3,5,8-11,13,16,23H2,1-2H3. The van der Waals surface area contributed by atoms with Gasteiger partial charge in [-0.1, -0.05) is 38.0 Å². The molecule has 0 unspecified atom stereocenters. The highest BCUT2D eigenvalue weighted by Crippen LogP contribution is 2.25. The van der Waals surface area contributed by atoms with E-state index in [1.54, 1.807) is 11.9 Å². The minimum Gasteiger partial charge on any atom is -0.341 e. The molecule has 0 saturated carbocycles. The van der Waals surface area contributed by atoms with E-state index in [4.69, 9.17) is 5.73 Å². The molecule has 3 rings (SSSR count). The van der Waals surface area contributed by atoms with E-state index in [2.05, 4.69) is 27.9 Å². The van der Waals surface area contributed by atoms with Crippen molar-refractivity contribution in [3.05, 3.63) is 42.2 Å². The number of amides is 1. The number of carbonyl (C=O) groups excluding carboxylic acids is 1. The molecule has 1 saturated heterocycles. The van der Waals surface area contributed by atoms with Crippen molar-refractivity contribution in [2.45, 2.75) is 39.2 Å². The summed E-state index contributed by atoms with van der Waals surface area (Å²) in [6.45, 7) is 4.91. The molecule has 1 aromatic carbocycles. The molecule has 0 atom stereocenters. The van der Waals surface area contributed by atoms with Gasteiger partial charge in [0.05, 0.1) is 6.54 Å². The summed E-state index contributed by atoms with van der Waals surface area (Å²) < 4.78 is 0. The lowest BCUT2D eigenvalue weighted by Crippen LogP contribution is -2.34. The normalized spacial score (nSPS) is 14.9. The van der Waals surface area contributed by atoms with Crippen molar-refractivity contribution in [2.24, 2.45) is 11.7 Å². The topological polar surface area (TPSA) is 75.4 Å². The van der Waals surface area contributed by atoms with Crippen molar-refractivity contribution in [2.75, 3.05) is 31.6 Å². The summed E-state index contributed by atoms with van der Waals surface area (Å²) in [5, 5.41) is 0. The second-order valence-electron chi connectivity index (χ2n) is 7.65. The molecule has 6 nitrogen and oxygen atoms in total. The van der Waals surface area contributed by atoms with Crippen molar-refractivity contribution in [3.63, 3.8) is 0 Å². The van der Waals surface area contributed by atoms with E-state index in [0.29, 0.717) is 6.54 Å². The zero-order valence-corrected chi connectivity index (χ0v) is 17.0. The van der Waals surface area contributed by atoms with Gasteiger partial charge in [0, 0.05) is 44.6 Å². The van der Waals surface area contributed by atoms with E-state index in [1.807, 2.05) is 30.6 Å². The van der Waals surface area contributed by atoms with Crippen LogP contribution in [-0.2, 0) is 11.3 Å². The van der Waals surface area contributed by atoms with E-state index in [9.17, 15) is 4.79 Å². The Balaban J connectivity index is 1.65. The molecular weight excluding hydrogens is 350 g/mol. The average molecular weight is 382 g/mol. The van der Waals surface area contributed by atoms with E-state index in [1.165, 1.54) is 25.7 Å². The fourth-order valence-corrected chi connectivity index (χ4v) is 3.83. The highest BCUT2D eigenvalue weighted by atomic mass is 16.2. The number of anilines is 1. The zero-order chi connectivity index (χ0) is 19.9. The summed E-state index contributed by atoms with van der Waals surface area (Å²) in [7, 11) is 1.77. The van der Waals surface area contributed by atoms with Crippen LogP contribution < -0.4 is 10.6 Å². The van der Waals surface area contributed by atoms with Crippen LogP contribution in [0.5, 0.6) is 0 Å². The molecule has 0 bridgehead atoms. The largest absolute Gasteiger partial charge is 0.341 e. The number of aromatic nitrogens is 2. The molecule has 0 aliphatic carbocycles. The Morgan fingerprint density at radius 1 is 1.21 bits per heavy atom. The molecule has 2 N–H and O–H groups in total. The second-order valence-corrected chi connectivity index (χ2v) is 7.65. The lowest BCUT2D eigenvalue weighted by atomic mass is 9.93. The van der Waals surface area contributed by atoms with Gasteiger partial charge >= 0.3 is 0 Å². The fraction of sp³-hybridized carbons (Fsp3) is 0.500. The Bertz CT molecular complexity index is 769. The third-order valence-corrected chi connectivity index (χ3v) is 5.51. The molecule has 150 valence electrons. The number of benzene rings is 1. The number of nitrogens with zero attached hydrogens (tertiary/aromatic N) is 4. The molecule has 1 amide bonds. The number of likely N-dealkylation sites (N-methyl/N-ethyl adjacent to an activating group) is 1. The fourth-order valence-electron chi connectivity index (χ4n) is 3.83. The molecular formula is C22H31N5O. The van der Waals surface area contributed by atoms with Gasteiger partial charge < -0.3 is 15.5 Å². The van der Waals surface area contributed by atoms with Gasteiger partial charge in [-0.3, -0.25) is 4.79 Å². The first-order chi connectivity index (χ1) is 13.6. The van der Waals surface area contributed by atoms with Crippen molar-refractivity contribution in [3.8, 4) is 11.1 Å². The van der Waals surface area contributed by atoms with E-state index >= 15 is 0 Å². The smallest absolute Gasteiger partial charge is 0.236 e. The number of carbonyl (C=O) groups is 1. The van der Waals surface area contributed by atoms with Gasteiger partial charge in [0.2, 0.25) is 11.9 Å². The van der Waals surface area contributed by atoms with Gasteiger partial charge in [0.1, 0.15) is 0 Å². The van der Waals surface area contributed by atoms with Crippen molar-refractivity contribution in [1.82, 2.24) is 14.9 Å². The van der Waals surface area contributed by atoms with Crippen LogP contribution in [0.4, 0.5) is 5.95 Å². The average Bonchev–Trinajstić information content (AvgIpc) is 2.74. The predicted octanol–water partition coefficient (Wildman–Crippen LogP) is 3.08. The SMILES string of the molecule is CCCC1CCN(c2ncc(-c3cccc(CN(C)C(=O)CN)c3)cn2)CC1. The molecule has 6 heteroatoms. The summed E-state index contributed by atoms with van der Waals surface area (Å²) in [5.74, 6) is 1.61. The lowest BCUT2D eigenvalue weighted by Gasteiger charge is -2.31. The highest BCUT2D eigenvalue weighted by molar-refractivity contribution is 5.77. The molecule has 2 heterocycles. The van der Waals surface area contributed by atoms with Gasteiger partial charge in [-0.15, -0.1) is 0 Å². The summed E-state index contributed by atoms with van der Waals surface area (Å²) in [4.78, 5) is 24.9. The van der Waals surface area contributed by atoms with Crippen LogP contribution in [0.3, 0.4) is 0 Å². The van der Waals surface area contributed by atoms with Crippen molar-refractivity contribution >= 4 is 11.9 Å². The van der Waals surface area contributed by atoms with Gasteiger partial charge in [-0.05, 0) is 36.0 Å². The maximum Gasteiger partial charge on any atom is 0.236 e. The van der Waals surface area contributed by atoms with Crippen LogP contribution in [0.15, 0.2) is 36.7 Å². The molecule has 0 radical (unpaired) electrons. The van der Waals surface area contributed by atoms with Crippen LogP contribution >= 0.6 is 0 Å². The Kier molecular flexibility index (Phi) is 6.98. The number of rotatable bonds is 7. The van der Waals surface area contributed by atoms with Gasteiger partial charge in [-0.25, -0.2) is 9.97 Å². The van der Waals surface area contributed by atoms with Gasteiger partial charge in [-0.2, -0.15) is 0 Å². The van der Waals surface area contributed by atoms with Crippen LogP contribution in [0.25, 0.3) is 11.1 Å². The molecule has 1 fully saturated rings. The molecule has 1 aromatic heterocycles. The Morgan fingerprint density at radius 3 is 2.57 bits per heavy atom. The Morgan fingerprint density at radius 2 is 1.93 bits per heavy atom. The van der Waals surface area contributed by atoms with E-state index in [0.717, 1.165) is 41.6 Å². The van der Waals surface area contributed by atoms with Crippen molar-refractivity contribution < 1.29 is 4.79 Å². The number of hydrogen-bond donors (Lipinski definition) is 1. The number of piperidine rings is 1. The highest BCUT2D eigenvalue weighted by Gasteiger charge is 2.20. The van der Waals surface area contributed by atoms with Crippen LogP contribution in [0.1, 0.15) is 38.2 Å². The van der Waals surface area contributed by atoms with Crippen LogP contribution in [0, 0.1) is 5.92 Å². The lowest BCUT2D eigenvalue weighted by molar-refractivity contribution is -0.128. The molecule has 0 spiro atoms. The second kappa shape index (κ2) is 9.64. The Labute approximate surface area is 167 Å². The Hall–Kier alpha value is -2.47. The number of hydrogen-bond acceptors (Lipinski definition) is 5. The maximum atomic E-state index is 11.7. The maximum absolute atomic E-state index is 11.7. The number of nitrogens with two attached hydrogens (primary N) is 1. The monoisotopic (exact) mass is 381 g/mol. The van der Waals surface area contributed by atoms with E-state index < -0.39 is 0 Å². The molecule has 1 aliphatic heterocycles. The minimum atomic E-state index is -0.0687. The van der Waals surface area contributed by atoms with Crippen molar-refractivity contribution in [1.29, 1.82) is 0 Å². The first-order valence-corrected chi connectivity index (χ1v) is 10.2. The molecule has 2 aromatic rings.